The van der Waals surface area contributed by atoms with E-state index in [0.717, 1.165) is 24.0 Å². The van der Waals surface area contributed by atoms with Crippen LogP contribution in [0.4, 0.5) is 0 Å². The van der Waals surface area contributed by atoms with Gasteiger partial charge >= 0.3 is 0 Å². The first-order chi connectivity index (χ1) is 9.26. The van der Waals surface area contributed by atoms with Crippen LogP contribution in [0.3, 0.4) is 0 Å². The van der Waals surface area contributed by atoms with E-state index in [1.165, 1.54) is 15.4 Å². The molecule has 0 aliphatic heterocycles. The highest BCUT2D eigenvalue weighted by Crippen LogP contribution is 2.29. The van der Waals surface area contributed by atoms with Gasteiger partial charge in [0, 0.05) is 9.79 Å². The monoisotopic (exact) mass is 267 g/mol. The summed E-state index contributed by atoms with van der Waals surface area (Å²) in [6, 6.07) is 17.0. The van der Waals surface area contributed by atoms with Gasteiger partial charge < -0.3 is 0 Å². The van der Waals surface area contributed by atoms with Crippen molar-refractivity contribution in [1.82, 2.24) is 0 Å². The SMILES string of the molecule is CCc1ccc(Sc2ccc(C#N)c(CC)c2)cc1. The van der Waals surface area contributed by atoms with Crippen LogP contribution in [0.15, 0.2) is 52.3 Å². The molecule has 0 fully saturated rings. The second-order valence-electron chi connectivity index (χ2n) is 4.38. The maximum absolute atomic E-state index is 9.03. The zero-order valence-electron chi connectivity index (χ0n) is 11.3. The van der Waals surface area contributed by atoms with Crippen molar-refractivity contribution in [3.05, 3.63) is 59.2 Å². The van der Waals surface area contributed by atoms with Crippen LogP contribution in [0, 0.1) is 11.3 Å². The summed E-state index contributed by atoms with van der Waals surface area (Å²) in [4.78, 5) is 2.43. The van der Waals surface area contributed by atoms with E-state index in [0.29, 0.717) is 0 Å². The first-order valence-corrected chi connectivity index (χ1v) is 7.38. The number of nitriles is 1. The van der Waals surface area contributed by atoms with Crippen molar-refractivity contribution < 1.29 is 0 Å². The van der Waals surface area contributed by atoms with Crippen molar-refractivity contribution in [2.45, 2.75) is 36.5 Å². The van der Waals surface area contributed by atoms with Crippen LogP contribution in [0.1, 0.15) is 30.5 Å². The minimum Gasteiger partial charge on any atom is -0.192 e. The molecule has 0 aliphatic carbocycles. The van der Waals surface area contributed by atoms with Gasteiger partial charge in [0.25, 0.3) is 0 Å². The van der Waals surface area contributed by atoms with Gasteiger partial charge in [-0.25, -0.2) is 0 Å². The summed E-state index contributed by atoms with van der Waals surface area (Å²) in [6.07, 6.45) is 1.97. The third-order valence-electron chi connectivity index (χ3n) is 3.15. The summed E-state index contributed by atoms with van der Waals surface area (Å²) in [5.41, 5.74) is 3.27. The summed E-state index contributed by atoms with van der Waals surface area (Å²) in [6.45, 7) is 4.25. The van der Waals surface area contributed by atoms with Gasteiger partial charge in [-0.3, -0.25) is 0 Å². The molecule has 2 heteroatoms. The van der Waals surface area contributed by atoms with Crippen LogP contribution in [0.25, 0.3) is 0 Å². The van der Waals surface area contributed by atoms with Crippen molar-refractivity contribution in [1.29, 1.82) is 5.26 Å². The lowest BCUT2D eigenvalue weighted by molar-refractivity contribution is 1.11. The highest BCUT2D eigenvalue weighted by molar-refractivity contribution is 7.99. The molecule has 0 amide bonds. The van der Waals surface area contributed by atoms with Gasteiger partial charge in [-0.1, -0.05) is 37.7 Å². The Morgan fingerprint density at radius 1 is 0.947 bits per heavy atom. The van der Waals surface area contributed by atoms with Crippen molar-refractivity contribution in [3.63, 3.8) is 0 Å². The van der Waals surface area contributed by atoms with Gasteiger partial charge in [0.05, 0.1) is 11.6 Å². The molecule has 1 nitrogen and oxygen atoms in total. The topological polar surface area (TPSA) is 23.8 Å². The molecule has 2 aromatic rings. The normalized spacial score (nSPS) is 10.2. The Morgan fingerprint density at radius 3 is 2.21 bits per heavy atom. The van der Waals surface area contributed by atoms with E-state index in [4.69, 9.17) is 5.26 Å². The predicted octanol–water partition coefficient (Wildman–Crippen LogP) is 4.83. The smallest absolute Gasteiger partial charge is 0.0994 e. The first-order valence-electron chi connectivity index (χ1n) is 6.56. The Kier molecular flexibility index (Phi) is 4.65. The Balaban J connectivity index is 2.21. The van der Waals surface area contributed by atoms with Gasteiger partial charge in [-0.15, -0.1) is 0 Å². The second kappa shape index (κ2) is 6.45. The number of benzene rings is 2. The lowest BCUT2D eigenvalue weighted by Crippen LogP contribution is -1.88. The van der Waals surface area contributed by atoms with Crippen LogP contribution in [-0.4, -0.2) is 0 Å². The first kappa shape index (κ1) is 13.7. The number of hydrogen-bond donors (Lipinski definition) is 0. The van der Waals surface area contributed by atoms with Gasteiger partial charge in [-0.2, -0.15) is 5.26 Å². The molecule has 19 heavy (non-hydrogen) atoms. The fraction of sp³-hybridized carbons (Fsp3) is 0.235. The van der Waals surface area contributed by atoms with Crippen molar-refractivity contribution >= 4 is 11.8 Å². The summed E-state index contributed by atoms with van der Waals surface area (Å²) in [7, 11) is 0. The maximum atomic E-state index is 9.03. The van der Waals surface area contributed by atoms with Gasteiger partial charge in [0.15, 0.2) is 0 Å². The fourth-order valence-electron chi connectivity index (χ4n) is 1.96. The quantitative estimate of drug-likeness (QED) is 0.792. The summed E-state index contributed by atoms with van der Waals surface area (Å²) in [5.74, 6) is 0. The predicted molar refractivity (Wildman–Crippen MR) is 80.5 cm³/mol. The molecular formula is C17H17NS. The maximum Gasteiger partial charge on any atom is 0.0994 e. The number of nitrogens with zero attached hydrogens (tertiary/aromatic N) is 1. The van der Waals surface area contributed by atoms with Crippen LogP contribution in [-0.2, 0) is 12.8 Å². The molecule has 2 aromatic carbocycles. The van der Waals surface area contributed by atoms with Crippen LogP contribution >= 0.6 is 11.8 Å². The Labute approximate surface area is 119 Å². The molecule has 0 unspecified atom stereocenters. The van der Waals surface area contributed by atoms with Crippen molar-refractivity contribution in [2.75, 3.05) is 0 Å². The lowest BCUT2D eigenvalue weighted by Gasteiger charge is -2.06. The molecule has 0 bridgehead atoms. The Morgan fingerprint density at radius 2 is 1.63 bits per heavy atom. The average molecular weight is 267 g/mol. The van der Waals surface area contributed by atoms with Crippen LogP contribution < -0.4 is 0 Å². The van der Waals surface area contributed by atoms with Crippen molar-refractivity contribution in [3.8, 4) is 6.07 Å². The number of aryl methyl sites for hydroxylation is 2. The van der Waals surface area contributed by atoms with Crippen LogP contribution in [0.2, 0.25) is 0 Å². The van der Waals surface area contributed by atoms with E-state index in [1.54, 1.807) is 11.8 Å². The molecule has 0 spiro atoms. The molecule has 2 rings (SSSR count). The van der Waals surface area contributed by atoms with E-state index in [-0.39, 0.29) is 0 Å². The molecule has 0 N–H and O–H groups in total. The zero-order chi connectivity index (χ0) is 13.7. The molecule has 0 atom stereocenters. The molecule has 0 heterocycles. The average Bonchev–Trinajstić information content (AvgIpc) is 2.48. The summed E-state index contributed by atoms with van der Waals surface area (Å²) >= 11 is 1.75. The molecule has 96 valence electrons. The van der Waals surface area contributed by atoms with Crippen molar-refractivity contribution in [2.24, 2.45) is 0 Å². The van der Waals surface area contributed by atoms with Gasteiger partial charge in [-0.05, 0) is 54.3 Å². The molecule has 0 radical (unpaired) electrons. The lowest BCUT2D eigenvalue weighted by atomic mass is 10.1. The minimum absolute atomic E-state index is 0.785. The standard InChI is InChI=1S/C17H17NS/c1-3-13-5-8-16(9-6-13)19-17-10-7-15(12-18)14(4-2)11-17/h5-11H,3-4H2,1-2H3. The third-order valence-corrected chi connectivity index (χ3v) is 4.14. The van der Waals surface area contributed by atoms with E-state index in [1.807, 2.05) is 12.1 Å². The van der Waals surface area contributed by atoms with E-state index >= 15 is 0 Å². The highest BCUT2D eigenvalue weighted by atomic mass is 32.2. The largest absolute Gasteiger partial charge is 0.192 e. The molecule has 0 saturated heterocycles. The number of rotatable bonds is 4. The molecule has 0 aliphatic rings. The Bertz CT molecular complexity index is 594. The third kappa shape index (κ3) is 3.39. The summed E-state index contributed by atoms with van der Waals surface area (Å²) < 4.78 is 0. The molecule has 0 aromatic heterocycles. The highest BCUT2D eigenvalue weighted by Gasteiger charge is 2.03. The van der Waals surface area contributed by atoms with E-state index in [2.05, 4.69) is 50.2 Å². The minimum atomic E-state index is 0.785. The molecule has 0 saturated carbocycles. The number of hydrogen-bond acceptors (Lipinski definition) is 2. The van der Waals surface area contributed by atoms with Gasteiger partial charge in [0.2, 0.25) is 0 Å². The van der Waals surface area contributed by atoms with Crippen LogP contribution in [0.5, 0.6) is 0 Å². The Hall–Kier alpha value is -1.72. The zero-order valence-corrected chi connectivity index (χ0v) is 12.1. The fourth-order valence-corrected chi connectivity index (χ4v) is 2.85. The van der Waals surface area contributed by atoms with Gasteiger partial charge in [0.1, 0.15) is 0 Å². The van der Waals surface area contributed by atoms with E-state index < -0.39 is 0 Å². The van der Waals surface area contributed by atoms with E-state index in [9.17, 15) is 0 Å². The second-order valence-corrected chi connectivity index (χ2v) is 5.53. The molecular weight excluding hydrogens is 250 g/mol. The summed E-state index contributed by atoms with van der Waals surface area (Å²) in [5, 5.41) is 9.03.